The topological polar surface area (TPSA) is 105 Å². The zero-order chi connectivity index (χ0) is 23.9. The van der Waals surface area contributed by atoms with Crippen molar-refractivity contribution in [1.82, 2.24) is 10.6 Å². The van der Waals surface area contributed by atoms with Crippen molar-refractivity contribution in [2.75, 3.05) is 13.2 Å². The number of amides is 2. The quantitative estimate of drug-likeness (QED) is 0.458. The maximum absolute atomic E-state index is 12.7. The van der Waals surface area contributed by atoms with Crippen LogP contribution in [0.2, 0.25) is 0 Å². The predicted octanol–water partition coefficient (Wildman–Crippen LogP) is 4.23. The first-order valence-corrected chi connectivity index (χ1v) is 11.8. The van der Waals surface area contributed by atoms with E-state index in [0.717, 1.165) is 41.5 Å². The van der Waals surface area contributed by atoms with E-state index in [-0.39, 0.29) is 31.3 Å². The average molecular weight is 463 g/mol. The third-order valence-corrected chi connectivity index (χ3v) is 6.56. The number of nitrogens with one attached hydrogen (secondary N) is 2. The van der Waals surface area contributed by atoms with Crippen LogP contribution in [0.3, 0.4) is 0 Å². The molecule has 2 amide bonds. The van der Waals surface area contributed by atoms with Crippen molar-refractivity contribution < 1.29 is 24.2 Å². The fourth-order valence-corrected chi connectivity index (χ4v) is 4.75. The van der Waals surface area contributed by atoms with Gasteiger partial charge >= 0.3 is 12.1 Å². The van der Waals surface area contributed by atoms with Crippen LogP contribution in [0.25, 0.3) is 11.1 Å². The van der Waals surface area contributed by atoms with Gasteiger partial charge in [-0.05, 0) is 53.9 Å². The number of allylic oxidation sites excluding steroid dienone is 2. The molecule has 0 radical (unpaired) electrons. The van der Waals surface area contributed by atoms with Gasteiger partial charge in [0, 0.05) is 18.9 Å². The number of aliphatic carboxylic acids is 1. The summed E-state index contributed by atoms with van der Waals surface area (Å²) in [7, 11) is 0. The van der Waals surface area contributed by atoms with Gasteiger partial charge in [-0.2, -0.15) is 0 Å². The average Bonchev–Trinajstić information content (AvgIpc) is 3.46. The van der Waals surface area contributed by atoms with Gasteiger partial charge in [0.1, 0.15) is 12.6 Å². The second-order valence-electron chi connectivity index (χ2n) is 8.84. The molecular weight excluding hydrogens is 432 g/mol. The molecule has 0 aromatic heterocycles. The van der Waals surface area contributed by atoms with Crippen molar-refractivity contribution in [3.8, 4) is 11.1 Å². The summed E-state index contributed by atoms with van der Waals surface area (Å²) in [5.74, 6) is -0.984. The highest BCUT2D eigenvalue weighted by molar-refractivity contribution is 5.86. The summed E-state index contributed by atoms with van der Waals surface area (Å²) in [5.41, 5.74) is 4.45. The molecule has 0 spiro atoms. The zero-order valence-corrected chi connectivity index (χ0v) is 19.0. The van der Waals surface area contributed by atoms with Gasteiger partial charge < -0.3 is 20.5 Å². The van der Waals surface area contributed by atoms with Crippen molar-refractivity contribution >= 4 is 18.0 Å². The normalized spacial score (nSPS) is 15.4. The smallest absolute Gasteiger partial charge is 0.407 e. The first-order valence-electron chi connectivity index (χ1n) is 11.8. The van der Waals surface area contributed by atoms with Crippen LogP contribution >= 0.6 is 0 Å². The Morgan fingerprint density at radius 1 is 0.971 bits per heavy atom. The highest BCUT2D eigenvalue weighted by Gasteiger charge is 2.30. The molecule has 1 unspecified atom stereocenters. The number of carboxylic acids is 1. The van der Waals surface area contributed by atoms with Gasteiger partial charge in [-0.15, -0.1) is 0 Å². The van der Waals surface area contributed by atoms with E-state index in [1.165, 1.54) is 0 Å². The Bertz CT molecular complexity index is 1030. The van der Waals surface area contributed by atoms with E-state index < -0.39 is 18.1 Å². The Hall–Kier alpha value is -3.61. The van der Waals surface area contributed by atoms with E-state index in [9.17, 15) is 14.4 Å². The van der Waals surface area contributed by atoms with E-state index in [2.05, 4.69) is 34.9 Å². The Morgan fingerprint density at radius 3 is 2.21 bits per heavy atom. The molecule has 178 valence electrons. The third-order valence-electron chi connectivity index (χ3n) is 6.56. The zero-order valence-electron chi connectivity index (χ0n) is 19.0. The molecule has 1 atom stereocenters. The fraction of sp³-hybridized carbons (Fsp3) is 0.370. The standard InChI is InChI=1S/C27H30N2O5/c30-25(31)14-13-24(26(32)28-16-15-18-7-1-2-8-18)29-27(33)34-17-23-21-11-5-3-9-19(21)20-10-4-6-12-22(20)23/h1-6,9-12,18,23-24H,7-8,13-17H2,(H,28,32)(H,29,33)(H,30,31). The molecule has 0 saturated heterocycles. The van der Waals surface area contributed by atoms with Crippen LogP contribution in [-0.2, 0) is 14.3 Å². The summed E-state index contributed by atoms with van der Waals surface area (Å²) in [6.07, 6.45) is 6.18. The molecule has 2 aliphatic rings. The first-order chi connectivity index (χ1) is 16.5. The lowest BCUT2D eigenvalue weighted by Crippen LogP contribution is -2.47. The maximum atomic E-state index is 12.7. The van der Waals surface area contributed by atoms with Gasteiger partial charge in [0.15, 0.2) is 0 Å². The highest BCUT2D eigenvalue weighted by atomic mass is 16.5. The van der Waals surface area contributed by atoms with Crippen molar-refractivity contribution in [2.45, 2.75) is 44.1 Å². The molecular formula is C27H30N2O5. The van der Waals surface area contributed by atoms with E-state index in [0.29, 0.717) is 12.5 Å². The summed E-state index contributed by atoms with van der Waals surface area (Å²) >= 11 is 0. The molecule has 0 saturated carbocycles. The highest BCUT2D eigenvalue weighted by Crippen LogP contribution is 2.44. The van der Waals surface area contributed by atoms with Crippen molar-refractivity contribution in [3.05, 3.63) is 71.8 Å². The molecule has 4 rings (SSSR count). The molecule has 34 heavy (non-hydrogen) atoms. The number of hydrogen-bond acceptors (Lipinski definition) is 4. The Morgan fingerprint density at radius 2 is 1.59 bits per heavy atom. The van der Waals surface area contributed by atoms with Crippen molar-refractivity contribution in [3.63, 3.8) is 0 Å². The Kier molecular flexibility index (Phi) is 7.62. The van der Waals surface area contributed by atoms with Crippen molar-refractivity contribution in [1.29, 1.82) is 0 Å². The van der Waals surface area contributed by atoms with Gasteiger partial charge in [-0.3, -0.25) is 9.59 Å². The van der Waals surface area contributed by atoms with E-state index in [1.54, 1.807) is 0 Å². The molecule has 0 bridgehead atoms. The number of hydrogen-bond donors (Lipinski definition) is 3. The number of carboxylic acid groups (broad SMARTS) is 1. The molecule has 7 nitrogen and oxygen atoms in total. The lowest BCUT2D eigenvalue weighted by molar-refractivity contribution is -0.137. The van der Waals surface area contributed by atoms with Gasteiger partial charge in [0.05, 0.1) is 0 Å². The van der Waals surface area contributed by atoms with Gasteiger partial charge in [0.25, 0.3) is 0 Å². The molecule has 0 fully saturated rings. The lowest BCUT2D eigenvalue weighted by Gasteiger charge is -2.20. The van der Waals surface area contributed by atoms with Crippen LogP contribution in [0.15, 0.2) is 60.7 Å². The third kappa shape index (κ3) is 5.65. The van der Waals surface area contributed by atoms with Crippen molar-refractivity contribution in [2.24, 2.45) is 5.92 Å². The predicted molar refractivity (Wildman–Crippen MR) is 128 cm³/mol. The lowest BCUT2D eigenvalue weighted by atomic mass is 9.98. The number of carbonyl (C=O) groups is 3. The van der Waals surface area contributed by atoms with Crippen LogP contribution in [-0.4, -0.2) is 42.3 Å². The van der Waals surface area contributed by atoms with Crippen LogP contribution in [0.5, 0.6) is 0 Å². The number of fused-ring (bicyclic) bond motifs is 3. The van der Waals surface area contributed by atoms with Gasteiger partial charge in [0.2, 0.25) is 5.91 Å². The van der Waals surface area contributed by atoms with E-state index in [4.69, 9.17) is 9.84 Å². The van der Waals surface area contributed by atoms with Gasteiger partial charge in [-0.1, -0.05) is 60.7 Å². The largest absolute Gasteiger partial charge is 0.481 e. The molecule has 2 aromatic rings. The molecule has 0 aliphatic heterocycles. The molecule has 2 aliphatic carbocycles. The monoisotopic (exact) mass is 462 g/mol. The number of benzene rings is 2. The van der Waals surface area contributed by atoms with Crippen LogP contribution in [0.1, 0.15) is 49.1 Å². The SMILES string of the molecule is O=C(O)CCC(NC(=O)OCC1c2ccccc2-c2ccccc21)C(=O)NCCC1CC=CC1. The van der Waals surface area contributed by atoms with Crippen LogP contribution in [0.4, 0.5) is 4.79 Å². The summed E-state index contributed by atoms with van der Waals surface area (Å²) in [4.78, 5) is 36.3. The molecule has 2 aromatic carbocycles. The fourth-order valence-electron chi connectivity index (χ4n) is 4.75. The molecule has 7 heteroatoms. The number of ether oxygens (including phenoxy) is 1. The van der Waals surface area contributed by atoms with E-state index >= 15 is 0 Å². The maximum Gasteiger partial charge on any atom is 0.407 e. The number of alkyl carbamates (subject to hydrolysis) is 1. The summed E-state index contributed by atoms with van der Waals surface area (Å²) < 4.78 is 5.53. The minimum atomic E-state index is -1.02. The van der Waals surface area contributed by atoms with Crippen LogP contribution < -0.4 is 10.6 Å². The minimum absolute atomic E-state index is 0.00362. The van der Waals surface area contributed by atoms with Gasteiger partial charge in [-0.25, -0.2) is 4.79 Å². The van der Waals surface area contributed by atoms with E-state index in [1.807, 2.05) is 36.4 Å². The Labute approximate surface area is 199 Å². The summed E-state index contributed by atoms with van der Waals surface area (Å²) in [6.45, 7) is 0.614. The molecule has 3 N–H and O–H groups in total. The first kappa shape index (κ1) is 23.5. The second-order valence-corrected chi connectivity index (χ2v) is 8.84. The molecule has 0 heterocycles. The number of carbonyl (C=O) groups excluding carboxylic acids is 2. The Balaban J connectivity index is 1.34. The second kappa shape index (κ2) is 11.0. The minimum Gasteiger partial charge on any atom is -0.481 e. The summed E-state index contributed by atoms with van der Waals surface area (Å²) in [5, 5.41) is 14.5. The van der Waals surface area contributed by atoms with Crippen LogP contribution in [0, 0.1) is 5.92 Å². The summed E-state index contributed by atoms with van der Waals surface area (Å²) in [6, 6.07) is 15.1. The number of rotatable bonds is 10.